The SMILES string of the molecule is CC(C)N(CCC(=O)O)C(=O)c1coc(-c2c(F)cccc2F)n1. The van der Waals surface area contributed by atoms with Gasteiger partial charge in [-0.15, -0.1) is 0 Å². The maximum absolute atomic E-state index is 13.7. The minimum absolute atomic E-state index is 0.0118. The van der Waals surface area contributed by atoms with Crippen LogP contribution in [0.15, 0.2) is 28.9 Å². The maximum Gasteiger partial charge on any atom is 0.305 e. The molecular formula is C16H16F2N2O4. The first-order valence-electron chi connectivity index (χ1n) is 7.24. The van der Waals surface area contributed by atoms with E-state index in [2.05, 4.69) is 4.98 Å². The smallest absolute Gasteiger partial charge is 0.305 e. The molecule has 1 aromatic heterocycles. The maximum atomic E-state index is 13.7. The Balaban J connectivity index is 2.28. The fourth-order valence-corrected chi connectivity index (χ4v) is 2.15. The second kappa shape index (κ2) is 7.20. The van der Waals surface area contributed by atoms with E-state index < -0.39 is 29.1 Å². The molecule has 0 radical (unpaired) electrons. The zero-order valence-corrected chi connectivity index (χ0v) is 13.1. The number of benzene rings is 1. The predicted molar refractivity (Wildman–Crippen MR) is 80.3 cm³/mol. The molecule has 0 aliphatic heterocycles. The molecule has 24 heavy (non-hydrogen) atoms. The zero-order chi connectivity index (χ0) is 17.9. The van der Waals surface area contributed by atoms with Crippen molar-refractivity contribution in [1.82, 2.24) is 9.88 Å². The van der Waals surface area contributed by atoms with Gasteiger partial charge in [0.2, 0.25) is 5.89 Å². The van der Waals surface area contributed by atoms with Crippen LogP contribution in [-0.2, 0) is 4.79 Å². The number of carbonyl (C=O) groups is 2. The van der Waals surface area contributed by atoms with E-state index >= 15 is 0 Å². The first kappa shape index (κ1) is 17.6. The Morgan fingerprint density at radius 2 is 1.92 bits per heavy atom. The molecule has 0 fully saturated rings. The molecule has 0 atom stereocenters. The summed E-state index contributed by atoms with van der Waals surface area (Å²) in [5, 5.41) is 8.75. The van der Waals surface area contributed by atoms with Gasteiger partial charge >= 0.3 is 5.97 Å². The summed E-state index contributed by atoms with van der Waals surface area (Å²) in [5.41, 5.74) is -0.607. The van der Waals surface area contributed by atoms with Gasteiger partial charge in [-0.2, -0.15) is 0 Å². The van der Waals surface area contributed by atoms with Crippen LogP contribution in [0.5, 0.6) is 0 Å². The van der Waals surface area contributed by atoms with Gasteiger partial charge in [0, 0.05) is 12.6 Å². The summed E-state index contributed by atoms with van der Waals surface area (Å²) in [6, 6.07) is 3.03. The van der Waals surface area contributed by atoms with Crippen molar-refractivity contribution in [1.29, 1.82) is 0 Å². The Hall–Kier alpha value is -2.77. The molecule has 1 heterocycles. The highest BCUT2D eigenvalue weighted by Gasteiger charge is 2.24. The average Bonchev–Trinajstić information content (AvgIpc) is 2.96. The number of halogens is 2. The number of hydrogen-bond donors (Lipinski definition) is 1. The van der Waals surface area contributed by atoms with Gasteiger partial charge in [0.25, 0.3) is 5.91 Å². The fraction of sp³-hybridized carbons (Fsp3) is 0.312. The van der Waals surface area contributed by atoms with Crippen molar-refractivity contribution in [2.24, 2.45) is 0 Å². The van der Waals surface area contributed by atoms with Crippen molar-refractivity contribution < 1.29 is 27.9 Å². The van der Waals surface area contributed by atoms with E-state index in [-0.39, 0.29) is 30.6 Å². The van der Waals surface area contributed by atoms with Crippen LogP contribution < -0.4 is 0 Å². The number of hydrogen-bond acceptors (Lipinski definition) is 4. The molecule has 0 spiro atoms. The molecule has 1 amide bonds. The van der Waals surface area contributed by atoms with Gasteiger partial charge < -0.3 is 14.4 Å². The summed E-state index contributed by atoms with van der Waals surface area (Å²) in [6.45, 7) is 3.43. The molecule has 0 saturated heterocycles. The molecule has 0 aliphatic rings. The standard InChI is InChI=1S/C16H16F2N2O4/c1-9(2)20(7-6-13(21)22)16(23)12-8-24-15(19-12)14-10(17)4-3-5-11(14)18/h3-5,8-9H,6-7H2,1-2H3,(H,21,22). The highest BCUT2D eigenvalue weighted by atomic mass is 19.1. The Bertz CT molecular complexity index is 738. The van der Waals surface area contributed by atoms with Gasteiger partial charge in [-0.25, -0.2) is 13.8 Å². The van der Waals surface area contributed by atoms with Crippen LogP contribution >= 0.6 is 0 Å². The Kier molecular flexibility index (Phi) is 5.28. The van der Waals surface area contributed by atoms with Gasteiger partial charge in [0.1, 0.15) is 23.5 Å². The van der Waals surface area contributed by atoms with Crippen molar-refractivity contribution >= 4 is 11.9 Å². The number of aromatic nitrogens is 1. The highest BCUT2D eigenvalue weighted by Crippen LogP contribution is 2.25. The van der Waals surface area contributed by atoms with Crippen LogP contribution in [0.1, 0.15) is 30.8 Å². The lowest BCUT2D eigenvalue weighted by Gasteiger charge is -2.25. The molecule has 8 heteroatoms. The second-order valence-corrected chi connectivity index (χ2v) is 5.37. The molecule has 2 aromatic rings. The Morgan fingerprint density at radius 1 is 1.29 bits per heavy atom. The minimum atomic E-state index is -1.04. The molecule has 0 aliphatic carbocycles. The number of carboxylic acids is 1. The molecule has 1 aromatic carbocycles. The van der Waals surface area contributed by atoms with E-state index in [1.165, 1.54) is 11.0 Å². The van der Waals surface area contributed by atoms with E-state index in [0.717, 1.165) is 18.4 Å². The minimum Gasteiger partial charge on any atom is -0.481 e. The van der Waals surface area contributed by atoms with E-state index in [4.69, 9.17) is 9.52 Å². The van der Waals surface area contributed by atoms with Gasteiger partial charge in [-0.05, 0) is 26.0 Å². The summed E-state index contributed by atoms with van der Waals surface area (Å²) in [6.07, 6.45) is 0.774. The fourth-order valence-electron chi connectivity index (χ4n) is 2.15. The van der Waals surface area contributed by atoms with Crippen LogP contribution in [0, 0.1) is 11.6 Å². The monoisotopic (exact) mass is 338 g/mol. The van der Waals surface area contributed by atoms with Crippen molar-refractivity contribution in [2.45, 2.75) is 26.3 Å². The number of nitrogens with zero attached hydrogens (tertiary/aromatic N) is 2. The molecule has 128 valence electrons. The zero-order valence-electron chi connectivity index (χ0n) is 13.1. The van der Waals surface area contributed by atoms with Gasteiger partial charge in [0.05, 0.1) is 6.42 Å². The number of oxazole rings is 1. The Morgan fingerprint density at radius 3 is 2.46 bits per heavy atom. The number of aliphatic carboxylic acids is 1. The lowest BCUT2D eigenvalue weighted by Crippen LogP contribution is -2.38. The molecule has 0 saturated carbocycles. The van der Waals surface area contributed by atoms with E-state index in [1.807, 2.05) is 0 Å². The van der Waals surface area contributed by atoms with Gasteiger partial charge in [0.15, 0.2) is 5.69 Å². The lowest BCUT2D eigenvalue weighted by molar-refractivity contribution is -0.137. The third kappa shape index (κ3) is 3.76. The number of carboxylic acid groups (broad SMARTS) is 1. The lowest BCUT2D eigenvalue weighted by atomic mass is 10.2. The van der Waals surface area contributed by atoms with Gasteiger partial charge in [-0.1, -0.05) is 6.07 Å². The quantitative estimate of drug-likeness (QED) is 0.875. The third-order valence-corrected chi connectivity index (χ3v) is 3.35. The largest absolute Gasteiger partial charge is 0.481 e. The molecule has 2 rings (SSSR count). The third-order valence-electron chi connectivity index (χ3n) is 3.35. The summed E-state index contributed by atoms with van der Waals surface area (Å²) in [4.78, 5) is 28.3. The van der Waals surface area contributed by atoms with Crippen molar-refractivity contribution in [3.05, 3.63) is 41.8 Å². The molecule has 1 N–H and O–H groups in total. The average molecular weight is 338 g/mol. The van der Waals surface area contributed by atoms with Crippen LogP contribution in [0.25, 0.3) is 11.5 Å². The topological polar surface area (TPSA) is 83.6 Å². The van der Waals surface area contributed by atoms with Crippen molar-refractivity contribution in [2.75, 3.05) is 6.54 Å². The van der Waals surface area contributed by atoms with Crippen LogP contribution in [0.2, 0.25) is 0 Å². The van der Waals surface area contributed by atoms with Crippen LogP contribution in [0.3, 0.4) is 0 Å². The number of carbonyl (C=O) groups excluding carboxylic acids is 1. The van der Waals surface area contributed by atoms with E-state index in [9.17, 15) is 18.4 Å². The second-order valence-electron chi connectivity index (χ2n) is 5.37. The van der Waals surface area contributed by atoms with Crippen molar-refractivity contribution in [3.8, 4) is 11.5 Å². The van der Waals surface area contributed by atoms with Crippen LogP contribution in [0.4, 0.5) is 8.78 Å². The first-order chi connectivity index (χ1) is 11.3. The molecular weight excluding hydrogens is 322 g/mol. The summed E-state index contributed by atoms with van der Waals surface area (Å²) >= 11 is 0. The summed E-state index contributed by atoms with van der Waals surface area (Å²) < 4.78 is 32.5. The number of amides is 1. The first-order valence-corrected chi connectivity index (χ1v) is 7.24. The normalized spacial score (nSPS) is 10.9. The molecule has 0 unspecified atom stereocenters. The Labute approximate surface area is 136 Å². The summed E-state index contributed by atoms with van der Waals surface area (Å²) in [5.74, 6) is -3.68. The number of rotatable bonds is 6. The van der Waals surface area contributed by atoms with Crippen LogP contribution in [-0.4, -0.2) is 39.5 Å². The van der Waals surface area contributed by atoms with E-state index in [1.54, 1.807) is 13.8 Å². The summed E-state index contributed by atoms with van der Waals surface area (Å²) in [7, 11) is 0. The molecule has 0 bridgehead atoms. The van der Waals surface area contributed by atoms with E-state index in [0.29, 0.717) is 0 Å². The van der Waals surface area contributed by atoms with Crippen molar-refractivity contribution in [3.63, 3.8) is 0 Å². The van der Waals surface area contributed by atoms with Gasteiger partial charge in [-0.3, -0.25) is 9.59 Å². The molecule has 6 nitrogen and oxygen atoms in total. The predicted octanol–water partition coefficient (Wildman–Crippen LogP) is 2.95. The highest BCUT2D eigenvalue weighted by molar-refractivity contribution is 5.92.